The molecule has 2 atom stereocenters. The number of aliphatic hydroxyl groups excluding tert-OH is 1. The van der Waals surface area contributed by atoms with Gasteiger partial charge in [0.2, 0.25) is 0 Å². The lowest BCUT2D eigenvalue weighted by Gasteiger charge is -2.42. The average Bonchev–Trinajstić information content (AvgIpc) is 2.49. The van der Waals surface area contributed by atoms with Gasteiger partial charge in [0.1, 0.15) is 5.82 Å². The number of nitrogens with two attached hydrogens (primary N) is 1. The van der Waals surface area contributed by atoms with Crippen molar-refractivity contribution in [3.8, 4) is 0 Å². The van der Waals surface area contributed by atoms with E-state index < -0.39 is 17.5 Å². The zero-order chi connectivity index (χ0) is 16.3. The van der Waals surface area contributed by atoms with Crippen LogP contribution in [-0.4, -0.2) is 51.2 Å². The first kappa shape index (κ1) is 16.2. The van der Waals surface area contributed by atoms with E-state index in [0.29, 0.717) is 30.8 Å². The fourth-order valence-corrected chi connectivity index (χ4v) is 2.97. The number of carboxylic acids is 1. The molecule has 0 aliphatic carbocycles. The number of amides is 1. The van der Waals surface area contributed by atoms with Crippen LogP contribution in [0.5, 0.6) is 0 Å². The Morgan fingerprint density at radius 2 is 2.23 bits per heavy atom. The minimum atomic E-state index is -1.16. The van der Waals surface area contributed by atoms with E-state index in [4.69, 9.17) is 5.73 Å². The Kier molecular flexibility index (Phi) is 4.65. The number of rotatable bonds is 4. The molecule has 1 aromatic rings. The van der Waals surface area contributed by atoms with Crippen molar-refractivity contribution < 1.29 is 19.8 Å². The Hall–Kier alpha value is -2.15. The number of aromatic nitrogens is 1. The maximum Gasteiger partial charge on any atom is 0.312 e. The van der Waals surface area contributed by atoms with Gasteiger partial charge in [0.05, 0.1) is 17.1 Å². The number of hydrogen-bond acceptors (Lipinski definition) is 5. The van der Waals surface area contributed by atoms with Gasteiger partial charge in [-0.1, -0.05) is 13.3 Å². The molecular formula is C15H21N3O4. The highest BCUT2D eigenvalue weighted by Gasteiger charge is 2.48. The Bertz CT molecular complexity index is 560. The minimum Gasteiger partial charge on any atom is -0.481 e. The molecule has 1 saturated heterocycles. The molecule has 0 unspecified atom stereocenters. The number of anilines is 1. The van der Waals surface area contributed by atoms with Crippen LogP contribution < -0.4 is 5.73 Å². The van der Waals surface area contributed by atoms with Crippen LogP contribution in [0.3, 0.4) is 0 Å². The summed E-state index contributed by atoms with van der Waals surface area (Å²) in [6.45, 7) is 2.19. The van der Waals surface area contributed by atoms with E-state index in [1.165, 1.54) is 17.2 Å². The van der Waals surface area contributed by atoms with Crippen molar-refractivity contribution in [2.45, 2.75) is 32.3 Å². The summed E-state index contributed by atoms with van der Waals surface area (Å²) in [5, 5.41) is 19.8. The van der Waals surface area contributed by atoms with Crippen LogP contribution in [0, 0.1) is 5.41 Å². The van der Waals surface area contributed by atoms with Crippen LogP contribution in [0.4, 0.5) is 5.82 Å². The van der Waals surface area contributed by atoms with Crippen LogP contribution >= 0.6 is 0 Å². The van der Waals surface area contributed by atoms with Gasteiger partial charge in [0.25, 0.3) is 5.91 Å². The predicted molar refractivity (Wildman–Crippen MR) is 80.2 cm³/mol. The number of hydrogen-bond donors (Lipinski definition) is 3. The third-order valence-corrected chi connectivity index (χ3v) is 4.30. The fraction of sp³-hybridized carbons (Fsp3) is 0.533. The molecular weight excluding hydrogens is 286 g/mol. The Balaban J connectivity index is 2.13. The number of β-amino-alcohol motifs (C(OH)–C–C–N with tert-alkyl or cyclic N) is 1. The van der Waals surface area contributed by atoms with E-state index >= 15 is 0 Å². The van der Waals surface area contributed by atoms with Crippen molar-refractivity contribution in [2.75, 3.05) is 18.8 Å². The first-order chi connectivity index (χ1) is 10.4. The van der Waals surface area contributed by atoms with Crippen molar-refractivity contribution in [3.63, 3.8) is 0 Å². The van der Waals surface area contributed by atoms with Gasteiger partial charge in [0, 0.05) is 19.3 Å². The molecule has 1 aliphatic heterocycles. The molecule has 0 spiro atoms. The number of nitrogens with zero attached hydrogens (tertiary/aromatic N) is 2. The summed E-state index contributed by atoms with van der Waals surface area (Å²) in [6.07, 6.45) is 1.61. The molecule has 1 fully saturated rings. The van der Waals surface area contributed by atoms with E-state index in [1.807, 2.05) is 6.92 Å². The third-order valence-electron chi connectivity index (χ3n) is 4.30. The van der Waals surface area contributed by atoms with Crippen LogP contribution in [0.2, 0.25) is 0 Å². The second-order valence-electron chi connectivity index (χ2n) is 5.70. The van der Waals surface area contributed by atoms with E-state index in [0.717, 1.165) is 0 Å². The smallest absolute Gasteiger partial charge is 0.312 e. The molecule has 7 nitrogen and oxygen atoms in total. The lowest BCUT2D eigenvalue weighted by atomic mass is 9.72. The molecule has 1 aromatic heterocycles. The molecule has 0 saturated carbocycles. The van der Waals surface area contributed by atoms with Gasteiger partial charge in [-0.25, -0.2) is 4.98 Å². The predicted octanol–water partition coefficient (Wildman–Crippen LogP) is 0.742. The number of carboxylic acid groups (broad SMARTS) is 1. The molecule has 2 rings (SSSR count). The highest BCUT2D eigenvalue weighted by Crippen LogP contribution is 2.37. The highest BCUT2D eigenvalue weighted by molar-refractivity contribution is 5.94. The number of carbonyl (C=O) groups is 2. The molecule has 22 heavy (non-hydrogen) atoms. The first-order valence-electron chi connectivity index (χ1n) is 7.33. The molecule has 4 N–H and O–H groups in total. The normalized spacial score (nSPS) is 25.0. The minimum absolute atomic E-state index is 0.00943. The summed E-state index contributed by atoms with van der Waals surface area (Å²) in [4.78, 5) is 29.3. The molecule has 7 heteroatoms. The lowest BCUT2D eigenvalue weighted by molar-refractivity contribution is -0.162. The van der Waals surface area contributed by atoms with Crippen molar-refractivity contribution in [1.29, 1.82) is 0 Å². The quantitative estimate of drug-likeness (QED) is 0.755. The highest BCUT2D eigenvalue weighted by atomic mass is 16.4. The lowest BCUT2D eigenvalue weighted by Crippen LogP contribution is -2.56. The summed E-state index contributed by atoms with van der Waals surface area (Å²) in [6, 6.07) is 3.11. The number of likely N-dealkylation sites (tertiary alicyclic amines) is 1. The SMILES string of the molecule is CCC[C@]1(C(=O)O)CCN(C(=O)c2ccc(N)nc2)C[C@@H]1O. The zero-order valence-electron chi connectivity index (χ0n) is 12.5. The zero-order valence-corrected chi connectivity index (χ0v) is 12.5. The number of nitrogen functional groups attached to an aromatic ring is 1. The number of carbonyl (C=O) groups excluding carboxylic acids is 1. The first-order valence-corrected chi connectivity index (χ1v) is 7.33. The number of aliphatic carboxylic acids is 1. The van der Waals surface area contributed by atoms with Crippen molar-refractivity contribution in [3.05, 3.63) is 23.9 Å². The number of piperidine rings is 1. The topological polar surface area (TPSA) is 117 Å². The molecule has 2 heterocycles. The summed E-state index contributed by atoms with van der Waals surface area (Å²) < 4.78 is 0. The molecule has 0 aromatic carbocycles. The van der Waals surface area contributed by atoms with E-state index in [9.17, 15) is 19.8 Å². The maximum atomic E-state index is 12.4. The monoisotopic (exact) mass is 307 g/mol. The van der Waals surface area contributed by atoms with Crippen molar-refractivity contribution in [2.24, 2.45) is 5.41 Å². The standard InChI is InChI=1S/C15H21N3O4/c1-2-5-15(14(21)22)6-7-18(9-11(15)19)13(20)10-3-4-12(16)17-8-10/h3-4,8,11,19H,2,5-7,9H2,1H3,(H2,16,17)(H,21,22)/t11-,15-/m0/s1. The molecule has 0 radical (unpaired) electrons. The largest absolute Gasteiger partial charge is 0.481 e. The van der Waals surface area contributed by atoms with Gasteiger partial charge in [-0.3, -0.25) is 9.59 Å². The summed E-state index contributed by atoms with van der Waals surface area (Å²) in [7, 11) is 0. The summed E-state index contributed by atoms with van der Waals surface area (Å²) >= 11 is 0. The van der Waals surface area contributed by atoms with E-state index in [-0.39, 0.29) is 18.9 Å². The van der Waals surface area contributed by atoms with Crippen LogP contribution in [0.15, 0.2) is 18.3 Å². The van der Waals surface area contributed by atoms with Gasteiger partial charge >= 0.3 is 5.97 Å². The number of pyridine rings is 1. The van der Waals surface area contributed by atoms with E-state index in [1.54, 1.807) is 6.07 Å². The molecule has 0 bridgehead atoms. The van der Waals surface area contributed by atoms with Crippen LogP contribution in [0.1, 0.15) is 36.5 Å². The fourth-order valence-electron chi connectivity index (χ4n) is 2.97. The molecule has 1 amide bonds. The Morgan fingerprint density at radius 1 is 1.50 bits per heavy atom. The van der Waals surface area contributed by atoms with Crippen molar-refractivity contribution >= 4 is 17.7 Å². The summed E-state index contributed by atoms with van der Waals surface area (Å²) in [5.41, 5.74) is 4.70. The second-order valence-corrected chi connectivity index (χ2v) is 5.70. The maximum absolute atomic E-state index is 12.4. The van der Waals surface area contributed by atoms with Crippen LogP contribution in [0.25, 0.3) is 0 Å². The van der Waals surface area contributed by atoms with Gasteiger partial charge < -0.3 is 20.8 Å². The van der Waals surface area contributed by atoms with Crippen molar-refractivity contribution in [1.82, 2.24) is 9.88 Å². The van der Waals surface area contributed by atoms with Gasteiger partial charge in [-0.05, 0) is 25.0 Å². The summed E-state index contributed by atoms with van der Waals surface area (Å²) in [5.74, 6) is -0.951. The second kappa shape index (κ2) is 6.31. The number of aliphatic hydroxyl groups is 1. The van der Waals surface area contributed by atoms with Gasteiger partial charge in [0.15, 0.2) is 0 Å². The molecule has 1 aliphatic rings. The van der Waals surface area contributed by atoms with Gasteiger partial charge in [-0.2, -0.15) is 0 Å². The third kappa shape index (κ3) is 2.89. The Morgan fingerprint density at radius 3 is 2.73 bits per heavy atom. The van der Waals surface area contributed by atoms with Gasteiger partial charge in [-0.15, -0.1) is 0 Å². The molecule has 120 valence electrons. The average molecular weight is 307 g/mol. The Labute approximate surface area is 128 Å². The van der Waals surface area contributed by atoms with E-state index in [2.05, 4.69) is 4.98 Å². The van der Waals surface area contributed by atoms with Crippen LogP contribution in [-0.2, 0) is 4.79 Å².